The van der Waals surface area contributed by atoms with Crippen LogP contribution in [0.25, 0.3) is 22.5 Å². The molecule has 0 saturated heterocycles. The lowest BCUT2D eigenvalue weighted by molar-refractivity contribution is 0.432. The number of hydrogen-bond acceptors (Lipinski definition) is 3. The van der Waals surface area contributed by atoms with Gasteiger partial charge in [0.1, 0.15) is 0 Å². The topological polar surface area (TPSA) is 49.8 Å². The van der Waals surface area contributed by atoms with E-state index in [0.717, 1.165) is 33.6 Å². The summed E-state index contributed by atoms with van der Waals surface area (Å²) in [4.78, 5) is 0. The molecule has 0 aliphatic heterocycles. The second-order valence-electron chi connectivity index (χ2n) is 6.58. The summed E-state index contributed by atoms with van der Waals surface area (Å²) in [6.07, 6.45) is 1.64. The number of hydrogen-bond donors (Lipinski definition) is 0. The van der Waals surface area contributed by atoms with E-state index in [2.05, 4.69) is 50.2 Å². The van der Waals surface area contributed by atoms with Gasteiger partial charge >= 0.3 is 0 Å². The Morgan fingerprint density at radius 1 is 0.913 bits per heavy atom. The van der Waals surface area contributed by atoms with Crippen LogP contribution in [0.5, 0.6) is 0 Å². The molecule has 1 heterocycles. The predicted molar refractivity (Wildman–Crippen MR) is 90.8 cm³/mol. The molecule has 3 aromatic rings. The van der Waals surface area contributed by atoms with Crippen molar-refractivity contribution in [1.82, 2.24) is 5.16 Å². The molecule has 0 fully saturated rings. The molecule has 0 amide bonds. The zero-order valence-electron chi connectivity index (χ0n) is 13.5. The summed E-state index contributed by atoms with van der Waals surface area (Å²) in [6, 6.07) is 18.3. The van der Waals surface area contributed by atoms with Crippen molar-refractivity contribution in [2.45, 2.75) is 26.2 Å². The number of nitriles is 1. The van der Waals surface area contributed by atoms with Gasteiger partial charge in [0.2, 0.25) is 0 Å². The fraction of sp³-hybridized carbons (Fsp3) is 0.200. The monoisotopic (exact) mass is 302 g/mol. The maximum atomic E-state index is 9.32. The van der Waals surface area contributed by atoms with Crippen molar-refractivity contribution in [1.29, 1.82) is 5.26 Å². The van der Waals surface area contributed by atoms with Gasteiger partial charge in [-0.1, -0.05) is 56.3 Å². The molecule has 0 unspecified atom stereocenters. The Morgan fingerprint density at radius 3 is 2.13 bits per heavy atom. The van der Waals surface area contributed by atoms with Gasteiger partial charge in [-0.3, -0.25) is 0 Å². The van der Waals surface area contributed by atoms with Crippen molar-refractivity contribution in [3.8, 4) is 28.5 Å². The highest BCUT2D eigenvalue weighted by atomic mass is 16.5. The van der Waals surface area contributed by atoms with Crippen LogP contribution in [0.1, 0.15) is 31.9 Å². The summed E-state index contributed by atoms with van der Waals surface area (Å²) in [5, 5.41) is 13.1. The van der Waals surface area contributed by atoms with Crippen molar-refractivity contribution in [3.05, 3.63) is 65.9 Å². The van der Waals surface area contributed by atoms with Crippen LogP contribution in [0.3, 0.4) is 0 Å². The summed E-state index contributed by atoms with van der Waals surface area (Å²) in [7, 11) is 0. The highest BCUT2D eigenvalue weighted by Crippen LogP contribution is 2.31. The molecule has 0 spiro atoms. The van der Waals surface area contributed by atoms with E-state index in [1.165, 1.54) is 0 Å². The zero-order valence-corrected chi connectivity index (χ0v) is 13.5. The predicted octanol–water partition coefficient (Wildman–Crippen LogP) is 5.18. The van der Waals surface area contributed by atoms with E-state index in [0.29, 0.717) is 0 Å². The van der Waals surface area contributed by atoms with E-state index in [1.807, 2.05) is 30.3 Å². The molecule has 3 heteroatoms. The van der Waals surface area contributed by atoms with Crippen LogP contribution in [-0.4, -0.2) is 5.16 Å². The molecule has 0 aliphatic carbocycles. The number of nitrogens with zero attached hydrogens (tertiary/aromatic N) is 2. The smallest absolute Gasteiger partial charge is 0.166 e. The molecule has 0 bridgehead atoms. The summed E-state index contributed by atoms with van der Waals surface area (Å²) in [6.45, 7) is 6.37. The van der Waals surface area contributed by atoms with E-state index in [1.54, 1.807) is 6.20 Å². The van der Waals surface area contributed by atoms with Crippen molar-refractivity contribution >= 4 is 0 Å². The van der Waals surface area contributed by atoms with E-state index >= 15 is 0 Å². The van der Waals surface area contributed by atoms with Crippen LogP contribution in [0.15, 0.2) is 59.3 Å². The average Bonchev–Trinajstić information content (AvgIpc) is 3.08. The van der Waals surface area contributed by atoms with Gasteiger partial charge in [-0.15, -0.1) is 0 Å². The van der Waals surface area contributed by atoms with Crippen molar-refractivity contribution < 1.29 is 4.52 Å². The molecule has 2 aromatic carbocycles. The lowest BCUT2D eigenvalue weighted by Gasteiger charge is -2.21. The van der Waals surface area contributed by atoms with Crippen LogP contribution < -0.4 is 0 Å². The normalized spacial score (nSPS) is 11.2. The first-order valence-electron chi connectivity index (χ1n) is 7.55. The molecular weight excluding hydrogens is 284 g/mol. The van der Waals surface area contributed by atoms with Gasteiger partial charge < -0.3 is 4.52 Å². The van der Waals surface area contributed by atoms with Gasteiger partial charge in [-0.05, 0) is 34.2 Å². The van der Waals surface area contributed by atoms with Crippen LogP contribution in [0.4, 0.5) is 0 Å². The van der Waals surface area contributed by atoms with Crippen LogP contribution in [0, 0.1) is 11.3 Å². The van der Waals surface area contributed by atoms with E-state index < -0.39 is 0 Å². The molecule has 0 saturated carbocycles. The number of aromatic nitrogens is 1. The fourth-order valence-electron chi connectivity index (χ4n) is 2.63. The van der Waals surface area contributed by atoms with Gasteiger partial charge in [-0.2, -0.15) is 5.26 Å². The minimum atomic E-state index is -0.0686. The van der Waals surface area contributed by atoms with Gasteiger partial charge in [0.15, 0.2) is 5.76 Å². The zero-order chi connectivity index (χ0) is 16.4. The molecule has 23 heavy (non-hydrogen) atoms. The van der Waals surface area contributed by atoms with Gasteiger partial charge in [0, 0.05) is 11.6 Å². The van der Waals surface area contributed by atoms with Crippen molar-refractivity contribution in [2.24, 2.45) is 0 Å². The Labute approximate surface area is 136 Å². The quantitative estimate of drug-likeness (QED) is 0.655. The lowest BCUT2D eigenvalue weighted by Crippen LogP contribution is -2.13. The highest BCUT2D eigenvalue weighted by molar-refractivity contribution is 5.70. The Morgan fingerprint density at radius 2 is 1.57 bits per heavy atom. The third-order valence-electron chi connectivity index (χ3n) is 3.89. The second-order valence-corrected chi connectivity index (χ2v) is 6.58. The molecule has 0 atom stereocenters. The molecular formula is C20H18N2O. The van der Waals surface area contributed by atoms with Crippen LogP contribution in [-0.2, 0) is 5.41 Å². The summed E-state index contributed by atoms with van der Waals surface area (Å²) < 4.78 is 5.17. The van der Waals surface area contributed by atoms with E-state index in [-0.39, 0.29) is 5.41 Å². The Balaban J connectivity index is 2.01. The third kappa shape index (κ3) is 3.02. The highest BCUT2D eigenvalue weighted by Gasteiger charge is 2.18. The first-order valence-corrected chi connectivity index (χ1v) is 7.55. The first kappa shape index (κ1) is 15.1. The molecule has 3 nitrogen and oxygen atoms in total. The maximum absolute atomic E-state index is 9.32. The van der Waals surface area contributed by atoms with Gasteiger partial charge in [0.25, 0.3) is 0 Å². The molecule has 0 radical (unpaired) electrons. The number of benzene rings is 2. The van der Waals surface area contributed by atoms with Crippen molar-refractivity contribution in [2.75, 3.05) is 0 Å². The average molecular weight is 302 g/mol. The molecule has 0 aliphatic rings. The molecule has 3 rings (SSSR count). The van der Waals surface area contributed by atoms with Gasteiger partial charge in [0.05, 0.1) is 17.8 Å². The molecule has 1 aromatic heterocycles. The third-order valence-corrected chi connectivity index (χ3v) is 3.89. The van der Waals surface area contributed by atoms with Crippen LogP contribution >= 0.6 is 0 Å². The minimum Gasteiger partial charge on any atom is -0.356 e. The van der Waals surface area contributed by atoms with Gasteiger partial charge in [-0.25, -0.2) is 0 Å². The lowest BCUT2D eigenvalue weighted by atomic mass is 9.82. The SMILES string of the molecule is CC(C)(C)c1cc(-c2ccc(-c3ccno3)cc2)ccc1C#N. The largest absolute Gasteiger partial charge is 0.356 e. The second kappa shape index (κ2) is 5.73. The summed E-state index contributed by atoms with van der Waals surface area (Å²) in [5.74, 6) is 0.756. The van der Waals surface area contributed by atoms with Crippen LogP contribution in [0.2, 0.25) is 0 Å². The van der Waals surface area contributed by atoms with Crippen molar-refractivity contribution in [3.63, 3.8) is 0 Å². The Bertz CT molecular complexity index is 848. The summed E-state index contributed by atoms with van der Waals surface area (Å²) in [5.41, 5.74) is 4.95. The van der Waals surface area contributed by atoms with E-state index in [4.69, 9.17) is 4.52 Å². The Kier molecular flexibility index (Phi) is 3.75. The minimum absolute atomic E-state index is 0.0686. The molecule has 114 valence electrons. The standard InChI is InChI=1S/C20H18N2O/c1-20(2,3)18-12-16(8-9-17(18)13-21)14-4-6-15(7-5-14)19-10-11-22-23-19/h4-12H,1-3H3. The number of rotatable bonds is 2. The Hall–Kier alpha value is -2.86. The maximum Gasteiger partial charge on any atom is 0.166 e. The summed E-state index contributed by atoms with van der Waals surface area (Å²) >= 11 is 0. The fourth-order valence-corrected chi connectivity index (χ4v) is 2.63. The van der Waals surface area contributed by atoms with E-state index in [9.17, 15) is 5.26 Å². The molecule has 0 N–H and O–H groups in total. The first-order chi connectivity index (χ1) is 11.0.